The quantitative estimate of drug-likeness (QED) is 0.830. The number of sulfonamides is 1. The molecule has 0 spiro atoms. The van der Waals surface area contributed by atoms with Gasteiger partial charge in [0, 0.05) is 27.2 Å². The SMILES string of the molecule is C[C@H]1CN(C(=O)c2cc(S(=O)(=O)N(C)C)ccc2Cl)CCO1. The zero-order chi connectivity index (χ0) is 16.5. The van der Waals surface area contributed by atoms with Crippen LogP contribution in [0, 0.1) is 0 Å². The van der Waals surface area contributed by atoms with E-state index in [4.69, 9.17) is 16.3 Å². The van der Waals surface area contributed by atoms with Crippen molar-refractivity contribution in [3.05, 3.63) is 28.8 Å². The number of benzene rings is 1. The minimum Gasteiger partial charge on any atom is -0.375 e. The van der Waals surface area contributed by atoms with Crippen molar-refractivity contribution in [1.82, 2.24) is 9.21 Å². The minimum absolute atomic E-state index is 0.0477. The molecule has 1 aromatic rings. The van der Waals surface area contributed by atoms with Crippen molar-refractivity contribution in [1.29, 1.82) is 0 Å². The molecule has 6 nitrogen and oxygen atoms in total. The number of halogens is 1. The van der Waals surface area contributed by atoms with Crippen molar-refractivity contribution < 1.29 is 17.9 Å². The van der Waals surface area contributed by atoms with E-state index in [1.807, 2.05) is 6.92 Å². The number of carbonyl (C=O) groups excluding carboxylic acids is 1. The largest absolute Gasteiger partial charge is 0.375 e. The van der Waals surface area contributed by atoms with Gasteiger partial charge in [0.25, 0.3) is 5.91 Å². The van der Waals surface area contributed by atoms with Gasteiger partial charge in [-0.3, -0.25) is 4.79 Å². The molecule has 0 aliphatic carbocycles. The normalized spacial score (nSPS) is 19.5. The summed E-state index contributed by atoms with van der Waals surface area (Å²) in [6.07, 6.45) is -0.0508. The number of amides is 1. The molecular formula is C14H19ClN2O4S. The molecule has 2 rings (SSSR count). The van der Waals surface area contributed by atoms with Crippen LogP contribution in [0.5, 0.6) is 0 Å². The number of ether oxygens (including phenoxy) is 1. The Morgan fingerprint density at radius 1 is 1.41 bits per heavy atom. The van der Waals surface area contributed by atoms with Crippen molar-refractivity contribution in [3.8, 4) is 0 Å². The third kappa shape index (κ3) is 3.43. The van der Waals surface area contributed by atoms with Crippen LogP contribution in [-0.2, 0) is 14.8 Å². The fraction of sp³-hybridized carbons (Fsp3) is 0.500. The van der Waals surface area contributed by atoms with Crippen molar-refractivity contribution in [3.63, 3.8) is 0 Å². The Balaban J connectivity index is 2.37. The molecule has 0 bridgehead atoms. The van der Waals surface area contributed by atoms with Crippen molar-refractivity contribution in [2.24, 2.45) is 0 Å². The lowest BCUT2D eigenvalue weighted by molar-refractivity contribution is -0.0124. The summed E-state index contributed by atoms with van der Waals surface area (Å²) < 4.78 is 30.9. The Morgan fingerprint density at radius 3 is 2.68 bits per heavy atom. The molecular weight excluding hydrogens is 328 g/mol. The molecule has 0 aromatic heterocycles. The van der Waals surface area contributed by atoms with Gasteiger partial charge in [-0.05, 0) is 25.1 Å². The highest BCUT2D eigenvalue weighted by Gasteiger charge is 2.26. The van der Waals surface area contributed by atoms with E-state index >= 15 is 0 Å². The molecule has 1 aromatic carbocycles. The highest BCUT2D eigenvalue weighted by Crippen LogP contribution is 2.24. The van der Waals surface area contributed by atoms with E-state index in [2.05, 4.69) is 0 Å². The van der Waals surface area contributed by atoms with Crippen LogP contribution in [0.3, 0.4) is 0 Å². The van der Waals surface area contributed by atoms with Crippen LogP contribution in [0.4, 0.5) is 0 Å². The maximum absolute atomic E-state index is 12.6. The molecule has 22 heavy (non-hydrogen) atoms. The fourth-order valence-electron chi connectivity index (χ4n) is 2.21. The average molecular weight is 347 g/mol. The topological polar surface area (TPSA) is 66.9 Å². The molecule has 1 atom stereocenters. The van der Waals surface area contributed by atoms with E-state index in [0.717, 1.165) is 4.31 Å². The molecule has 1 fully saturated rings. The van der Waals surface area contributed by atoms with Gasteiger partial charge in [-0.2, -0.15) is 0 Å². The van der Waals surface area contributed by atoms with Crippen molar-refractivity contribution in [2.75, 3.05) is 33.8 Å². The van der Waals surface area contributed by atoms with Crippen molar-refractivity contribution >= 4 is 27.5 Å². The number of hydrogen-bond donors (Lipinski definition) is 0. The van der Waals surface area contributed by atoms with Gasteiger partial charge in [0.2, 0.25) is 10.0 Å². The summed E-state index contributed by atoms with van der Waals surface area (Å²) in [6, 6.07) is 4.17. The van der Waals surface area contributed by atoms with Crippen LogP contribution in [0.1, 0.15) is 17.3 Å². The highest BCUT2D eigenvalue weighted by molar-refractivity contribution is 7.89. The predicted octanol–water partition coefficient (Wildman–Crippen LogP) is 1.45. The van der Waals surface area contributed by atoms with Crippen LogP contribution in [0.2, 0.25) is 5.02 Å². The van der Waals surface area contributed by atoms with Gasteiger partial charge in [-0.1, -0.05) is 11.6 Å². The van der Waals surface area contributed by atoms with Gasteiger partial charge >= 0.3 is 0 Å². The van der Waals surface area contributed by atoms with Crippen LogP contribution in [0.25, 0.3) is 0 Å². The molecule has 1 heterocycles. The number of carbonyl (C=O) groups is 1. The first-order chi connectivity index (χ1) is 10.2. The molecule has 8 heteroatoms. The first-order valence-corrected chi connectivity index (χ1v) is 8.68. The predicted molar refractivity (Wildman–Crippen MR) is 83.6 cm³/mol. The summed E-state index contributed by atoms with van der Waals surface area (Å²) in [7, 11) is -0.733. The lowest BCUT2D eigenvalue weighted by Gasteiger charge is -2.31. The van der Waals surface area contributed by atoms with E-state index in [9.17, 15) is 13.2 Å². The average Bonchev–Trinajstić information content (AvgIpc) is 2.46. The zero-order valence-electron chi connectivity index (χ0n) is 12.7. The number of hydrogen-bond acceptors (Lipinski definition) is 4. The monoisotopic (exact) mass is 346 g/mol. The first-order valence-electron chi connectivity index (χ1n) is 6.86. The number of morpholine rings is 1. The molecule has 1 saturated heterocycles. The summed E-state index contributed by atoms with van der Waals surface area (Å²) in [5.74, 6) is -0.282. The van der Waals surface area contributed by atoms with Crippen LogP contribution in [-0.4, -0.2) is 63.4 Å². The maximum Gasteiger partial charge on any atom is 0.255 e. The van der Waals surface area contributed by atoms with Gasteiger partial charge in [-0.15, -0.1) is 0 Å². The fourth-order valence-corrected chi connectivity index (χ4v) is 3.34. The molecule has 0 unspecified atom stereocenters. The smallest absolute Gasteiger partial charge is 0.255 e. The zero-order valence-corrected chi connectivity index (χ0v) is 14.3. The van der Waals surface area contributed by atoms with Gasteiger partial charge in [0.1, 0.15) is 0 Å². The lowest BCUT2D eigenvalue weighted by atomic mass is 10.1. The Hall–Kier alpha value is -1.15. The standard InChI is InChI=1S/C14H19ClN2O4S/c1-10-9-17(6-7-21-10)14(18)12-8-11(4-5-13(12)15)22(19,20)16(2)3/h4-5,8,10H,6-7,9H2,1-3H3/t10-/m0/s1. The van der Waals surface area contributed by atoms with Crippen molar-refractivity contribution in [2.45, 2.75) is 17.9 Å². The first kappa shape index (κ1) is 17.2. The summed E-state index contributed by atoms with van der Waals surface area (Å²) in [4.78, 5) is 14.3. The molecule has 122 valence electrons. The van der Waals surface area contributed by atoms with Gasteiger partial charge in [0.05, 0.1) is 28.2 Å². The molecule has 1 aliphatic heterocycles. The minimum atomic E-state index is -3.61. The summed E-state index contributed by atoms with van der Waals surface area (Å²) in [5, 5.41) is 0.238. The van der Waals surface area contributed by atoms with E-state index in [0.29, 0.717) is 19.7 Å². The summed E-state index contributed by atoms with van der Waals surface area (Å²) in [6.45, 7) is 3.26. The second-order valence-electron chi connectivity index (χ2n) is 5.36. The molecule has 0 radical (unpaired) electrons. The van der Waals surface area contributed by atoms with Crippen LogP contribution >= 0.6 is 11.6 Å². The number of rotatable bonds is 3. The Kier molecular flexibility index (Phi) is 5.11. The third-order valence-electron chi connectivity index (χ3n) is 3.48. The Bertz CT molecular complexity index is 675. The second-order valence-corrected chi connectivity index (χ2v) is 7.92. The van der Waals surface area contributed by atoms with E-state index in [1.54, 1.807) is 4.90 Å². The molecule has 1 amide bonds. The third-order valence-corrected chi connectivity index (χ3v) is 5.62. The van der Waals surface area contributed by atoms with Crippen LogP contribution < -0.4 is 0 Å². The molecule has 0 saturated carbocycles. The lowest BCUT2D eigenvalue weighted by Crippen LogP contribution is -2.44. The van der Waals surface area contributed by atoms with E-state index in [1.165, 1.54) is 32.3 Å². The van der Waals surface area contributed by atoms with Gasteiger partial charge < -0.3 is 9.64 Å². The van der Waals surface area contributed by atoms with Gasteiger partial charge in [-0.25, -0.2) is 12.7 Å². The summed E-state index contributed by atoms with van der Waals surface area (Å²) >= 11 is 6.09. The maximum atomic E-state index is 12.6. The highest BCUT2D eigenvalue weighted by atomic mass is 35.5. The molecule has 1 aliphatic rings. The van der Waals surface area contributed by atoms with E-state index in [-0.39, 0.29) is 27.5 Å². The second kappa shape index (κ2) is 6.54. The number of nitrogens with zero attached hydrogens (tertiary/aromatic N) is 2. The summed E-state index contributed by atoms with van der Waals surface area (Å²) in [5.41, 5.74) is 0.193. The molecule has 0 N–H and O–H groups in total. The Labute approximate surface area is 135 Å². The van der Waals surface area contributed by atoms with E-state index < -0.39 is 10.0 Å². The van der Waals surface area contributed by atoms with Crippen LogP contribution in [0.15, 0.2) is 23.1 Å². The van der Waals surface area contributed by atoms with Gasteiger partial charge in [0.15, 0.2) is 0 Å². The Morgan fingerprint density at radius 2 is 2.09 bits per heavy atom.